The number of carbonyl (C=O) groups excluding carboxylic acids is 2. The third-order valence-corrected chi connectivity index (χ3v) is 4.13. The molecule has 1 aliphatic rings. The van der Waals surface area contributed by atoms with Crippen molar-refractivity contribution in [3.8, 4) is 5.69 Å². The van der Waals surface area contributed by atoms with Crippen molar-refractivity contribution in [1.82, 2.24) is 20.1 Å². The molecule has 1 aromatic heterocycles. The fraction of sp³-hybridized carbons (Fsp3) is 0.412. The third kappa shape index (κ3) is 5.28. The van der Waals surface area contributed by atoms with Crippen LogP contribution < -0.4 is 15.5 Å². The van der Waals surface area contributed by atoms with Gasteiger partial charge in [-0.05, 0) is 31.0 Å². The van der Waals surface area contributed by atoms with E-state index in [2.05, 4.69) is 20.7 Å². The molecule has 2 amide bonds. The lowest BCUT2D eigenvalue weighted by molar-refractivity contribution is -0.862. The molecule has 3 N–H and O–H groups in total. The number of amides is 2. The Morgan fingerprint density at radius 1 is 1.25 bits per heavy atom. The third-order valence-electron chi connectivity index (χ3n) is 4.13. The molecule has 0 radical (unpaired) electrons. The summed E-state index contributed by atoms with van der Waals surface area (Å²) in [6.07, 6.45) is -0.0708. The average Bonchev–Trinajstić information content (AvgIpc) is 3.22. The summed E-state index contributed by atoms with van der Waals surface area (Å²) in [6.45, 7) is 0.0214. The minimum atomic E-state index is -4.55. The van der Waals surface area contributed by atoms with Crippen LogP contribution in [0.4, 0.5) is 18.9 Å². The molecule has 0 spiro atoms. The van der Waals surface area contributed by atoms with Crippen molar-refractivity contribution in [1.29, 1.82) is 0 Å². The van der Waals surface area contributed by atoms with E-state index in [0.717, 1.165) is 25.0 Å². The maximum absolute atomic E-state index is 13.0. The predicted molar refractivity (Wildman–Crippen MR) is 92.8 cm³/mol. The van der Waals surface area contributed by atoms with E-state index in [0.29, 0.717) is 4.90 Å². The lowest BCUT2D eigenvalue weighted by Gasteiger charge is -2.16. The largest absolute Gasteiger partial charge is 0.416 e. The van der Waals surface area contributed by atoms with Gasteiger partial charge in [0.15, 0.2) is 13.1 Å². The van der Waals surface area contributed by atoms with Gasteiger partial charge in [-0.25, -0.2) is 9.67 Å². The van der Waals surface area contributed by atoms with E-state index in [1.54, 1.807) is 7.05 Å². The van der Waals surface area contributed by atoms with E-state index in [9.17, 15) is 22.8 Å². The number of likely N-dealkylation sites (N-methyl/N-ethyl adjacent to an activating group) is 1. The number of rotatable bonds is 7. The Morgan fingerprint density at radius 2 is 1.96 bits per heavy atom. The van der Waals surface area contributed by atoms with Crippen LogP contribution in [0.5, 0.6) is 0 Å². The molecule has 150 valence electrons. The van der Waals surface area contributed by atoms with Gasteiger partial charge in [0.05, 0.1) is 24.0 Å². The Balaban J connectivity index is 1.70. The molecule has 28 heavy (non-hydrogen) atoms. The quantitative estimate of drug-likeness (QED) is 0.614. The maximum Gasteiger partial charge on any atom is 0.416 e. The van der Waals surface area contributed by atoms with Crippen molar-refractivity contribution < 1.29 is 27.7 Å². The smallest absolute Gasteiger partial charge is 0.348 e. The van der Waals surface area contributed by atoms with Gasteiger partial charge in [0, 0.05) is 6.04 Å². The Bertz CT molecular complexity index is 849. The van der Waals surface area contributed by atoms with E-state index >= 15 is 0 Å². The van der Waals surface area contributed by atoms with Crippen molar-refractivity contribution in [2.24, 2.45) is 0 Å². The molecule has 11 heteroatoms. The summed E-state index contributed by atoms with van der Waals surface area (Å²) in [5.41, 5.74) is -0.681. The molecule has 1 aliphatic carbocycles. The number of nitrogens with one attached hydrogen (secondary N) is 3. The zero-order valence-corrected chi connectivity index (χ0v) is 15.1. The molecule has 1 saturated carbocycles. The van der Waals surface area contributed by atoms with Crippen LogP contribution in [0.25, 0.3) is 5.69 Å². The summed E-state index contributed by atoms with van der Waals surface area (Å²) in [4.78, 5) is 28.5. The second kappa shape index (κ2) is 7.97. The number of halogens is 3. The molecule has 2 aromatic rings. The van der Waals surface area contributed by atoms with E-state index in [1.807, 2.05) is 0 Å². The van der Waals surface area contributed by atoms with Gasteiger partial charge >= 0.3 is 6.18 Å². The van der Waals surface area contributed by atoms with Gasteiger partial charge in [-0.3, -0.25) is 9.59 Å². The molecule has 1 aromatic carbocycles. The second-order valence-corrected chi connectivity index (χ2v) is 6.77. The zero-order chi connectivity index (χ0) is 20.3. The maximum atomic E-state index is 13.0. The highest BCUT2D eigenvalue weighted by atomic mass is 19.4. The standard InChI is InChI=1S/C17H19F3N6O2/c1-25(7-15(27)23-12-3-4-12)8-16(28)24-13-6-11(17(18,19)20)2-5-14(13)26-10-21-9-22-26/h2,5-6,9-10,12H,3-4,7-8H2,1H3,(H,23,27)(H,24,28)/p+1. The van der Waals surface area contributed by atoms with Crippen LogP contribution in [0.3, 0.4) is 0 Å². The summed E-state index contributed by atoms with van der Waals surface area (Å²) < 4.78 is 40.4. The predicted octanol–water partition coefficient (Wildman–Crippen LogP) is 0.0179. The monoisotopic (exact) mass is 397 g/mol. The number of carbonyl (C=O) groups is 2. The average molecular weight is 397 g/mol. The summed E-state index contributed by atoms with van der Waals surface area (Å²) >= 11 is 0. The lowest BCUT2D eigenvalue weighted by Crippen LogP contribution is -3.11. The number of aromatic nitrogens is 3. The van der Waals surface area contributed by atoms with Gasteiger partial charge in [0.2, 0.25) is 0 Å². The number of nitrogens with zero attached hydrogens (tertiary/aromatic N) is 3. The molecular formula is C17H20F3N6O2+. The van der Waals surface area contributed by atoms with Crippen molar-refractivity contribution in [2.75, 3.05) is 25.5 Å². The molecule has 8 nitrogen and oxygen atoms in total. The Morgan fingerprint density at radius 3 is 2.57 bits per heavy atom. The normalized spacial score (nSPS) is 15.1. The highest BCUT2D eigenvalue weighted by Gasteiger charge is 2.31. The molecule has 1 heterocycles. The molecule has 1 fully saturated rings. The van der Waals surface area contributed by atoms with E-state index in [1.165, 1.54) is 23.4 Å². The van der Waals surface area contributed by atoms with Crippen LogP contribution in [-0.2, 0) is 15.8 Å². The first-order valence-electron chi connectivity index (χ1n) is 8.69. The van der Waals surface area contributed by atoms with Gasteiger partial charge in [0.1, 0.15) is 12.7 Å². The van der Waals surface area contributed by atoms with Crippen LogP contribution in [0.1, 0.15) is 18.4 Å². The van der Waals surface area contributed by atoms with E-state index in [-0.39, 0.29) is 36.4 Å². The van der Waals surface area contributed by atoms with Gasteiger partial charge in [-0.15, -0.1) is 0 Å². The minimum absolute atomic E-state index is 0.0412. The van der Waals surface area contributed by atoms with Crippen LogP contribution in [-0.4, -0.2) is 52.8 Å². The van der Waals surface area contributed by atoms with Crippen LogP contribution in [0, 0.1) is 0 Å². The minimum Gasteiger partial charge on any atom is -0.348 e. The molecule has 0 aliphatic heterocycles. The first kappa shape index (κ1) is 19.8. The summed E-state index contributed by atoms with van der Waals surface area (Å²) in [5.74, 6) is -0.674. The second-order valence-electron chi connectivity index (χ2n) is 6.77. The van der Waals surface area contributed by atoms with Crippen LogP contribution in [0.15, 0.2) is 30.9 Å². The van der Waals surface area contributed by atoms with Crippen molar-refractivity contribution >= 4 is 17.5 Å². The molecular weight excluding hydrogens is 377 g/mol. The molecule has 1 unspecified atom stereocenters. The fourth-order valence-electron chi connectivity index (χ4n) is 2.66. The molecule has 3 rings (SSSR count). The summed E-state index contributed by atoms with van der Waals surface area (Å²) in [5, 5.41) is 9.21. The first-order valence-corrected chi connectivity index (χ1v) is 8.69. The van der Waals surface area contributed by atoms with Crippen LogP contribution in [0.2, 0.25) is 0 Å². The Labute approximate surface area is 158 Å². The summed E-state index contributed by atoms with van der Waals surface area (Å²) in [6, 6.07) is 3.20. The topological polar surface area (TPSA) is 93.3 Å². The number of hydrogen-bond donors (Lipinski definition) is 3. The molecule has 0 saturated heterocycles. The number of quaternary nitrogens is 1. The number of alkyl halides is 3. The highest BCUT2D eigenvalue weighted by molar-refractivity contribution is 5.93. The van der Waals surface area contributed by atoms with Crippen molar-refractivity contribution in [3.05, 3.63) is 36.4 Å². The van der Waals surface area contributed by atoms with Crippen molar-refractivity contribution in [3.63, 3.8) is 0 Å². The SMILES string of the molecule is C[NH+](CC(=O)Nc1cc(C(F)(F)F)ccc1-n1cncn1)CC(=O)NC1CC1. The van der Waals surface area contributed by atoms with Gasteiger partial charge in [-0.2, -0.15) is 18.3 Å². The van der Waals surface area contributed by atoms with Crippen LogP contribution >= 0.6 is 0 Å². The van der Waals surface area contributed by atoms with E-state index in [4.69, 9.17) is 0 Å². The molecule has 1 atom stereocenters. The lowest BCUT2D eigenvalue weighted by atomic mass is 10.1. The zero-order valence-electron chi connectivity index (χ0n) is 15.1. The highest BCUT2D eigenvalue weighted by Crippen LogP contribution is 2.33. The first-order chi connectivity index (χ1) is 13.2. The fourth-order valence-corrected chi connectivity index (χ4v) is 2.66. The Kier molecular flexibility index (Phi) is 5.63. The van der Waals surface area contributed by atoms with Gasteiger partial charge < -0.3 is 15.5 Å². The van der Waals surface area contributed by atoms with Crippen molar-refractivity contribution in [2.45, 2.75) is 25.1 Å². The number of benzene rings is 1. The van der Waals surface area contributed by atoms with Gasteiger partial charge in [-0.1, -0.05) is 0 Å². The van der Waals surface area contributed by atoms with E-state index < -0.39 is 17.6 Å². The number of anilines is 1. The Hall–Kier alpha value is -2.95. The molecule has 0 bridgehead atoms. The number of hydrogen-bond acceptors (Lipinski definition) is 4. The van der Waals surface area contributed by atoms with Gasteiger partial charge in [0.25, 0.3) is 11.8 Å². The summed E-state index contributed by atoms with van der Waals surface area (Å²) in [7, 11) is 1.66.